The van der Waals surface area contributed by atoms with Crippen molar-refractivity contribution in [2.45, 2.75) is 341 Å². The third kappa shape index (κ3) is 72.1. The van der Waals surface area contributed by atoms with Gasteiger partial charge in [-0.15, -0.1) is 0 Å². The standard InChI is InChI=1S/C81H140O17P2/c1-5-9-13-17-21-25-29-33-35-36-37-38-40-44-46-50-54-58-62-66-79(84)92-72-77(98-81(86)68-64-60-56-52-48-42-32-28-24-20-16-12-8-4)74-96-100(89,90)94-70-75(82)69-93-99(87,88)95-73-76(97-80(85)67-63-59-55-51-47-41-31-27-23-19-15-11-7-3)71-91-78(83)65-61-57-53-49-45-43-39-34-30-26-22-18-14-10-6-2/h9,13,21-22,25-26,28,32-35,37-39,44,46,54,58,75-77,82H,5-8,10-12,14-20,23-24,27,29-31,36,40-43,45,47-53,55-57,59-74H2,1-4H3,(H,87,88)(H,89,90)/b13-9-,25-21-,26-22-,32-28-,35-33-,38-37-,39-34-,46-44-,58-54-. The summed E-state index contributed by atoms with van der Waals surface area (Å²) in [6.45, 7) is 4.63. The molecule has 0 radical (unpaired) electrons. The molecule has 5 unspecified atom stereocenters. The Morgan fingerprint density at radius 1 is 0.290 bits per heavy atom. The second-order valence-electron chi connectivity index (χ2n) is 25.9. The molecule has 576 valence electrons. The minimum absolute atomic E-state index is 0.0339. The lowest BCUT2D eigenvalue weighted by atomic mass is 10.0. The molecule has 0 saturated carbocycles. The Morgan fingerprint density at radius 2 is 0.540 bits per heavy atom. The number of esters is 4. The number of phosphoric ester groups is 2. The number of unbranched alkanes of at least 4 members (excludes halogenated alkanes) is 29. The molecule has 0 rings (SSSR count). The van der Waals surface area contributed by atoms with Crippen LogP contribution in [0.15, 0.2) is 109 Å². The molecule has 0 aliphatic carbocycles. The molecule has 0 heterocycles. The molecular formula is C81H140O17P2. The van der Waals surface area contributed by atoms with Gasteiger partial charge in [0, 0.05) is 25.7 Å². The molecule has 3 N–H and O–H groups in total. The summed E-state index contributed by atoms with van der Waals surface area (Å²) in [4.78, 5) is 72.9. The number of ether oxygens (including phenoxy) is 4. The Labute approximate surface area is 607 Å². The molecule has 0 aromatic heterocycles. The predicted octanol–water partition coefficient (Wildman–Crippen LogP) is 22.6. The van der Waals surface area contributed by atoms with Crippen LogP contribution < -0.4 is 0 Å². The first kappa shape index (κ1) is 95.7. The number of phosphoric acid groups is 2. The highest BCUT2D eigenvalue weighted by atomic mass is 31.2. The van der Waals surface area contributed by atoms with E-state index in [9.17, 15) is 43.2 Å². The van der Waals surface area contributed by atoms with Gasteiger partial charge in [-0.05, 0) is 122 Å². The summed E-state index contributed by atoms with van der Waals surface area (Å²) in [5, 5.41) is 10.6. The van der Waals surface area contributed by atoms with Crippen molar-refractivity contribution in [1.82, 2.24) is 0 Å². The average Bonchev–Trinajstić information content (AvgIpc) is 0.935. The van der Waals surface area contributed by atoms with E-state index in [0.717, 1.165) is 141 Å². The monoisotopic (exact) mass is 1450 g/mol. The van der Waals surface area contributed by atoms with Gasteiger partial charge in [0.25, 0.3) is 0 Å². The lowest BCUT2D eigenvalue weighted by Crippen LogP contribution is -2.30. The highest BCUT2D eigenvalue weighted by molar-refractivity contribution is 7.47. The highest BCUT2D eigenvalue weighted by Gasteiger charge is 2.30. The van der Waals surface area contributed by atoms with Crippen molar-refractivity contribution >= 4 is 39.5 Å². The SMILES string of the molecule is CC/C=C\C/C=C\C/C=C\C/C=C\C/C=C\C/C=C\CCC(=O)OCC(COP(=O)(O)OCC(O)COP(=O)(O)OCC(COC(=O)CCCCCCC/C=C\C/C=C\CCCCC)OC(=O)CCCCCCCCCCCCCCC)OC(=O)CCCCCCC/C=C\CCCCCC. The molecule has 0 spiro atoms. The van der Waals surface area contributed by atoms with Crippen LogP contribution >= 0.6 is 15.6 Å². The van der Waals surface area contributed by atoms with Crippen molar-refractivity contribution in [3.8, 4) is 0 Å². The van der Waals surface area contributed by atoms with Gasteiger partial charge < -0.3 is 33.8 Å². The van der Waals surface area contributed by atoms with Crippen LogP contribution in [0.1, 0.15) is 323 Å². The first-order chi connectivity index (χ1) is 48.7. The summed E-state index contributed by atoms with van der Waals surface area (Å²) in [7, 11) is -9.97. The Morgan fingerprint density at radius 3 is 0.900 bits per heavy atom. The molecule has 0 aliphatic heterocycles. The minimum atomic E-state index is -4.99. The molecule has 100 heavy (non-hydrogen) atoms. The fraction of sp³-hybridized carbons (Fsp3) is 0.728. The second kappa shape index (κ2) is 73.0. The largest absolute Gasteiger partial charge is 0.472 e. The Balaban J connectivity index is 5.40. The van der Waals surface area contributed by atoms with Gasteiger partial charge in [-0.1, -0.05) is 285 Å². The van der Waals surface area contributed by atoms with Gasteiger partial charge in [0.05, 0.1) is 26.4 Å². The van der Waals surface area contributed by atoms with Crippen molar-refractivity contribution in [3.05, 3.63) is 109 Å². The topological polar surface area (TPSA) is 237 Å². The summed E-state index contributed by atoms with van der Waals surface area (Å²) in [6.07, 6.45) is 78.0. The Hall–Kier alpha value is -4.28. The van der Waals surface area contributed by atoms with E-state index >= 15 is 0 Å². The molecular weight excluding hydrogens is 1310 g/mol. The van der Waals surface area contributed by atoms with Crippen molar-refractivity contribution < 1.29 is 80.2 Å². The molecule has 0 amide bonds. The summed E-state index contributed by atoms with van der Waals surface area (Å²) in [5.41, 5.74) is 0. The van der Waals surface area contributed by atoms with Crippen LogP contribution in [0.2, 0.25) is 0 Å². The fourth-order valence-electron chi connectivity index (χ4n) is 10.3. The lowest BCUT2D eigenvalue weighted by molar-refractivity contribution is -0.161. The lowest BCUT2D eigenvalue weighted by Gasteiger charge is -2.21. The van der Waals surface area contributed by atoms with E-state index in [-0.39, 0.29) is 25.7 Å². The summed E-state index contributed by atoms with van der Waals surface area (Å²) in [5.74, 6) is -2.28. The zero-order valence-corrected chi connectivity index (χ0v) is 64.6. The third-order valence-electron chi connectivity index (χ3n) is 16.2. The molecule has 5 atom stereocenters. The van der Waals surface area contributed by atoms with Gasteiger partial charge in [0.1, 0.15) is 19.3 Å². The molecule has 0 aliphatic rings. The quantitative estimate of drug-likeness (QED) is 0.0169. The van der Waals surface area contributed by atoms with Crippen LogP contribution in [0.3, 0.4) is 0 Å². The van der Waals surface area contributed by atoms with Gasteiger partial charge in [0.15, 0.2) is 12.2 Å². The Bertz CT molecular complexity index is 2320. The van der Waals surface area contributed by atoms with Crippen molar-refractivity contribution in [2.75, 3.05) is 39.6 Å². The molecule has 0 saturated heterocycles. The minimum Gasteiger partial charge on any atom is -0.462 e. The second-order valence-corrected chi connectivity index (χ2v) is 28.8. The number of hydrogen-bond acceptors (Lipinski definition) is 15. The maximum Gasteiger partial charge on any atom is 0.472 e. The van der Waals surface area contributed by atoms with Crippen molar-refractivity contribution in [3.63, 3.8) is 0 Å². The van der Waals surface area contributed by atoms with E-state index in [4.69, 9.17) is 37.0 Å². The molecule has 0 aromatic rings. The van der Waals surface area contributed by atoms with E-state index in [2.05, 4.69) is 119 Å². The summed E-state index contributed by atoms with van der Waals surface area (Å²) < 4.78 is 68.4. The van der Waals surface area contributed by atoms with Crippen LogP contribution in [0.25, 0.3) is 0 Å². The average molecular weight is 1450 g/mol. The van der Waals surface area contributed by atoms with E-state index in [1.165, 1.54) is 96.3 Å². The van der Waals surface area contributed by atoms with Crippen LogP contribution in [0.4, 0.5) is 0 Å². The maximum atomic E-state index is 13.1. The zero-order chi connectivity index (χ0) is 73.2. The van der Waals surface area contributed by atoms with Crippen LogP contribution in [0.5, 0.6) is 0 Å². The van der Waals surface area contributed by atoms with Gasteiger partial charge in [-0.25, -0.2) is 9.13 Å². The number of carbonyl (C=O) groups is 4. The van der Waals surface area contributed by atoms with Crippen molar-refractivity contribution in [2.24, 2.45) is 0 Å². The van der Waals surface area contributed by atoms with E-state index in [1.54, 1.807) is 0 Å². The number of rotatable bonds is 73. The molecule has 0 fully saturated rings. The smallest absolute Gasteiger partial charge is 0.462 e. The first-order valence-corrected chi connectivity index (χ1v) is 42.1. The van der Waals surface area contributed by atoms with Gasteiger partial charge in [0.2, 0.25) is 0 Å². The normalized spacial score (nSPS) is 14.5. The zero-order valence-electron chi connectivity index (χ0n) is 62.8. The number of allylic oxidation sites excluding steroid dienone is 18. The van der Waals surface area contributed by atoms with Gasteiger partial charge >= 0.3 is 39.5 Å². The van der Waals surface area contributed by atoms with Crippen LogP contribution in [0, 0.1) is 0 Å². The first-order valence-electron chi connectivity index (χ1n) is 39.1. The highest BCUT2D eigenvalue weighted by Crippen LogP contribution is 2.45. The number of aliphatic hydroxyl groups excluding tert-OH is 1. The van der Waals surface area contributed by atoms with E-state index in [1.807, 2.05) is 18.2 Å². The van der Waals surface area contributed by atoms with E-state index < -0.39 is 97.5 Å². The van der Waals surface area contributed by atoms with Crippen LogP contribution in [-0.2, 0) is 65.4 Å². The molecule has 17 nitrogen and oxygen atoms in total. The molecule has 0 bridgehead atoms. The summed E-state index contributed by atoms with van der Waals surface area (Å²) in [6, 6.07) is 0. The predicted molar refractivity (Wildman–Crippen MR) is 408 cm³/mol. The number of carbonyl (C=O) groups excluding carboxylic acids is 4. The summed E-state index contributed by atoms with van der Waals surface area (Å²) >= 11 is 0. The number of aliphatic hydroxyl groups is 1. The van der Waals surface area contributed by atoms with Crippen molar-refractivity contribution in [1.29, 1.82) is 0 Å². The maximum absolute atomic E-state index is 13.1. The molecule has 19 heteroatoms. The van der Waals surface area contributed by atoms with E-state index in [0.29, 0.717) is 32.1 Å². The van der Waals surface area contributed by atoms with Gasteiger partial charge in [-0.2, -0.15) is 0 Å². The Kier molecular flexibility index (Phi) is 69.9. The van der Waals surface area contributed by atoms with Crippen LogP contribution in [-0.4, -0.2) is 96.7 Å². The van der Waals surface area contributed by atoms with Gasteiger partial charge in [-0.3, -0.25) is 37.3 Å². The fourth-order valence-corrected chi connectivity index (χ4v) is 11.9. The molecule has 0 aromatic carbocycles. The number of hydrogen-bond donors (Lipinski definition) is 3. The third-order valence-corrected chi connectivity index (χ3v) is 18.1.